The first-order valence-electron chi connectivity index (χ1n) is 10.5. The lowest BCUT2D eigenvalue weighted by Crippen LogP contribution is -2.37. The van der Waals surface area contributed by atoms with Gasteiger partial charge < -0.3 is 20.3 Å². The minimum Gasteiger partial charge on any atom is -0.496 e. The molecule has 1 aliphatic heterocycles. The smallest absolute Gasteiger partial charge is 0.222 e. The number of benzene rings is 2. The molecule has 1 heterocycles. The zero-order valence-corrected chi connectivity index (χ0v) is 18.2. The van der Waals surface area contributed by atoms with Gasteiger partial charge in [0.05, 0.1) is 7.11 Å². The van der Waals surface area contributed by atoms with Gasteiger partial charge in [0.2, 0.25) is 5.91 Å². The fourth-order valence-corrected chi connectivity index (χ4v) is 3.68. The van der Waals surface area contributed by atoms with Gasteiger partial charge in [-0.3, -0.25) is 9.79 Å². The van der Waals surface area contributed by atoms with E-state index in [0.717, 1.165) is 37.6 Å². The van der Waals surface area contributed by atoms with Gasteiger partial charge in [0, 0.05) is 39.6 Å². The van der Waals surface area contributed by atoms with E-state index < -0.39 is 0 Å². The summed E-state index contributed by atoms with van der Waals surface area (Å²) in [4.78, 5) is 18.0. The first-order chi connectivity index (χ1) is 14.6. The standard InChI is InChI=1S/C24H32N4O2/c1-18-6-11-22(30-3)21(15-18)12-13-26-24(25-2)27-16-19-7-9-20(10-8-19)17-28-14-4-5-23(28)29/h6-11,15H,4-5,12-14,16-17H2,1-3H3,(H2,25,26,27). The number of hydrogen-bond acceptors (Lipinski definition) is 3. The Morgan fingerprint density at radius 1 is 1.13 bits per heavy atom. The molecule has 3 rings (SSSR count). The predicted octanol–water partition coefficient (Wildman–Crippen LogP) is 3.03. The van der Waals surface area contributed by atoms with E-state index in [9.17, 15) is 4.79 Å². The van der Waals surface area contributed by atoms with Crippen LogP contribution < -0.4 is 15.4 Å². The Balaban J connectivity index is 1.45. The Kier molecular flexibility index (Phi) is 7.71. The van der Waals surface area contributed by atoms with Crippen molar-refractivity contribution in [2.24, 2.45) is 4.99 Å². The number of aryl methyl sites for hydroxylation is 1. The fraction of sp³-hybridized carbons (Fsp3) is 0.417. The van der Waals surface area contributed by atoms with Crippen LogP contribution in [0, 0.1) is 6.92 Å². The van der Waals surface area contributed by atoms with Gasteiger partial charge >= 0.3 is 0 Å². The Hall–Kier alpha value is -3.02. The summed E-state index contributed by atoms with van der Waals surface area (Å²) in [6.45, 7) is 5.13. The van der Waals surface area contributed by atoms with Crippen molar-refractivity contribution >= 4 is 11.9 Å². The second kappa shape index (κ2) is 10.7. The van der Waals surface area contributed by atoms with Crippen molar-refractivity contribution in [2.75, 3.05) is 27.2 Å². The van der Waals surface area contributed by atoms with E-state index in [2.05, 4.69) is 58.9 Å². The molecule has 1 amide bonds. The normalized spacial score (nSPS) is 14.2. The highest BCUT2D eigenvalue weighted by Gasteiger charge is 2.19. The zero-order chi connectivity index (χ0) is 21.3. The Labute approximate surface area is 179 Å². The summed E-state index contributed by atoms with van der Waals surface area (Å²) in [6.07, 6.45) is 2.52. The highest BCUT2D eigenvalue weighted by Crippen LogP contribution is 2.19. The molecule has 1 fully saturated rings. The van der Waals surface area contributed by atoms with Gasteiger partial charge in [-0.15, -0.1) is 0 Å². The molecule has 2 aromatic rings. The molecule has 0 saturated carbocycles. The SMILES string of the molecule is CN=C(NCCc1cc(C)ccc1OC)NCc1ccc(CN2CCCC2=O)cc1. The second-order valence-corrected chi connectivity index (χ2v) is 7.65. The van der Waals surface area contributed by atoms with Crippen LogP contribution in [0.4, 0.5) is 0 Å². The lowest BCUT2D eigenvalue weighted by atomic mass is 10.1. The van der Waals surface area contributed by atoms with Crippen molar-refractivity contribution in [3.05, 3.63) is 64.7 Å². The molecule has 30 heavy (non-hydrogen) atoms. The lowest BCUT2D eigenvalue weighted by Gasteiger charge is -2.16. The minimum atomic E-state index is 0.263. The van der Waals surface area contributed by atoms with Crippen molar-refractivity contribution in [1.82, 2.24) is 15.5 Å². The highest BCUT2D eigenvalue weighted by molar-refractivity contribution is 5.79. The average Bonchev–Trinajstić information content (AvgIpc) is 3.16. The zero-order valence-electron chi connectivity index (χ0n) is 18.2. The van der Waals surface area contributed by atoms with Crippen LogP contribution in [0.3, 0.4) is 0 Å². The number of guanidine groups is 1. The third kappa shape index (κ3) is 5.99. The number of carbonyl (C=O) groups excluding carboxylic acids is 1. The third-order valence-corrected chi connectivity index (χ3v) is 5.37. The van der Waals surface area contributed by atoms with E-state index >= 15 is 0 Å². The summed E-state index contributed by atoms with van der Waals surface area (Å²) >= 11 is 0. The van der Waals surface area contributed by atoms with Gasteiger partial charge in [-0.1, -0.05) is 42.0 Å². The van der Waals surface area contributed by atoms with Gasteiger partial charge in [0.25, 0.3) is 0 Å². The van der Waals surface area contributed by atoms with E-state index in [4.69, 9.17) is 4.74 Å². The first kappa shape index (κ1) is 21.7. The maximum absolute atomic E-state index is 11.8. The predicted molar refractivity (Wildman–Crippen MR) is 121 cm³/mol. The van der Waals surface area contributed by atoms with Crippen LogP contribution >= 0.6 is 0 Å². The van der Waals surface area contributed by atoms with Crippen molar-refractivity contribution in [1.29, 1.82) is 0 Å². The van der Waals surface area contributed by atoms with E-state index in [-0.39, 0.29) is 5.91 Å². The molecule has 2 N–H and O–H groups in total. The van der Waals surface area contributed by atoms with Gasteiger partial charge in [-0.25, -0.2) is 0 Å². The van der Waals surface area contributed by atoms with Gasteiger partial charge in [0.1, 0.15) is 5.75 Å². The van der Waals surface area contributed by atoms with Crippen molar-refractivity contribution in [3.8, 4) is 5.75 Å². The summed E-state index contributed by atoms with van der Waals surface area (Å²) in [5.41, 5.74) is 4.76. The number of aliphatic imine (C=N–C) groups is 1. The molecule has 0 atom stereocenters. The largest absolute Gasteiger partial charge is 0.496 e. The monoisotopic (exact) mass is 408 g/mol. The molecule has 160 valence electrons. The van der Waals surface area contributed by atoms with Crippen molar-refractivity contribution < 1.29 is 9.53 Å². The summed E-state index contributed by atoms with van der Waals surface area (Å²) in [7, 11) is 3.48. The molecule has 2 aromatic carbocycles. The van der Waals surface area contributed by atoms with Crippen LogP contribution in [0.2, 0.25) is 0 Å². The number of methoxy groups -OCH3 is 1. The minimum absolute atomic E-state index is 0.263. The van der Waals surface area contributed by atoms with Crippen molar-refractivity contribution in [3.63, 3.8) is 0 Å². The van der Waals surface area contributed by atoms with Gasteiger partial charge in [-0.2, -0.15) is 0 Å². The summed E-state index contributed by atoms with van der Waals surface area (Å²) in [5.74, 6) is 1.95. The van der Waals surface area contributed by atoms with Crippen LogP contribution in [0.5, 0.6) is 5.75 Å². The maximum Gasteiger partial charge on any atom is 0.222 e. The number of nitrogens with one attached hydrogen (secondary N) is 2. The average molecular weight is 409 g/mol. The Morgan fingerprint density at radius 2 is 1.90 bits per heavy atom. The molecule has 1 saturated heterocycles. The molecule has 6 heteroatoms. The number of amides is 1. The maximum atomic E-state index is 11.8. The number of hydrogen-bond donors (Lipinski definition) is 2. The molecule has 1 aliphatic rings. The van der Waals surface area contributed by atoms with Crippen molar-refractivity contribution in [2.45, 2.75) is 39.3 Å². The fourth-order valence-electron chi connectivity index (χ4n) is 3.68. The van der Waals surface area contributed by atoms with E-state index in [1.165, 1.54) is 22.3 Å². The van der Waals surface area contributed by atoms with E-state index in [0.29, 0.717) is 19.5 Å². The molecule has 6 nitrogen and oxygen atoms in total. The quantitative estimate of drug-likeness (QED) is 0.521. The molecule has 0 bridgehead atoms. The number of rotatable bonds is 8. The second-order valence-electron chi connectivity index (χ2n) is 7.65. The molecule has 0 unspecified atom stereocenters. The van der Waals surface area contributed by atoms with Crippen LogP contribution in [-0.2, 0) is 24.3 Å². The highest BCUT2D eigenvalue weighted by atomic mass is 16.5. The Bertz CT molecular complexity index is 877. The van der Waals surface area contributed by atoms with E-state index in [1.807, 2.05) is 11.0 Å². The Morgan fingerprint density at radius 3 is 2.57 bits per heavy atom. The molecule has 0 spiro atoms. The molecular weight excluding hydrogens is 376 g/mol. The van der Waals surface area contributed by atoms with Crippen LogP contribution in [-0.4, -0.2) is 44.0 Å². The van der Waals surface area contributed by atoms with Crippen LogP contribution in [0.25, 0.3) is 0 Å². The molecule has 0 aromatic heterocycles. The third-order valence-electron chi connectivity index (χ3n) is 5.37. The van der Waals surface area contributed by atoms with Gasteiger partial charge in [0.15, 0.2) is 5.96 Å². The molecule has 0 radical (unpaired) electrons. The van der Waals surface area contributed by atoms with E-state index in [1.54, 1.807) is 14.2 Å². The van der Waals surface area contributed by atoms with Gasteiger partial charge in [-0.05, 0) is 42.5 Å². The molecular formula is C24H32N4O2. The first-order valence-corrected chi connectivity index (χ1v) is 10.5. The summed E-state index contributed by atoms with van der Waals surface area (Å²) in [6, 6.07) is 14.6. The van der Waals surface area contributed by atoms with Crippen LogP contribution in [0.1, 0.15) is 35.1 Å². The number of ether oxygens (including phenoxy) is 1. The topological polar surface area (TPSA) is 66.0 Å². The lowest BCUT2D eigenvalue weighted by molar-refractivity contribution is -0.128. The molecule has 0 aliphatic carbocycles. The summed E-state index contributed by atoms with van der Waals surface area (Å²) in [5, 5.41) is 6.72. The number of carbonyl (C=O) groups is 1. The number of nitrogens with zero attached hydrogens (tertiary/aromatic N) is 2. The number of likely N-dealkylation sites (tertiary alicyclic amines) is 1. The van der Waals surface area contributed by atoms with Crippen LogP contribution in [0.15, 0.2) is 47.5 Å². The summed E-state index contributed by atoms with van der Waals surface area (Å²) < 4.78 is 5.45.